The summed E-state index contributed by atoms with van der Waals surface area (Å²) in [6.45, 7) is 42.3. The topological polar surface area (TPSA) is 125 Å². The number of aromatic nitrogens is 2. The molecule has 1 unspecified atom stereocenters. The second kappa shape index (κ2) is 39.1. The number of halogens is 2. The standard InChI is InChI=1S/C12H17N.C12H16O3.C12H14O.C11H23NO.C9H11F2N.C9H10N2O2.C8H17N/c1-10(2)13-9-5-7-11-6-3-4-8-12(11)13;1-9(2)13-8-12-14-7-10-5-3-4-6-11(10)15-12;1-4-11-5-7-12(8-6-11)9-13-10(2)3;1-11(2,3)13-9-6-10-4-7-12-8-5-10;1-6(2)12-9-7(10)4-3-5-8(9)11;1-6(2)12-7-3-4-8-9(5-7)11-13-10-8;1-8(2,3)9-6-4-5-7-9/h3-4,6,8,10H,5,7,9H2,1-2H3;3-6,9,12H,7-8H2,1-2H3;1,5-8,10H,9H2,2-3H3;10,12H,4-9H2,1-3H3;3-6,12H,1-2H3;3-6H,1-2H3;4-7H2,1-3H3. The molecule has 0 bridgehead atoms. The summed E-state index contributed by atoms with van der Waals surface area (Å²) in [6.07, 6.45) is 14.8. The Kier molecular flexibility index (Phi) is 33.0. The number of aryl methyl sites for hydroxylation is 1. The van der Waals surface area contributed by atoms with Crippen LogP contribution in [0.5, 0.6) is 11.5 Å². The van der Waals surface area contributed by atoms with Gasteiger partial charge >= 0.3 is 0 Å². The quantitative estimate of drug-likeness (QED) is 0.101. The maximum Gasteiger partial charge on any atom is 0.223 e. The zero-order valence-corrected chi connectivity index (χ0v) is 56.2. The molecule has 6 aromatic rings. The van der Waals surface area contributed by atoms with Crippen molar-refractivity contribution in [1.82, 2.24) is 20.5 Å². The molecule has 13 nitrogen and oxygen atoms in total. The van der Waals surface area contributed by atoms with Crippen LogP contribution in [0.15, 0.2) is 114 Å². The van der Waals surface area contributed by atoms with Gasteiger partial charge in [-0.2, -0.15) is 0 Å². The van der Waals surface area contributed by atoms with Gasteiger partial charge < -0.3 is 44.0 Å². The molecule has 0 saturated carbocycles. The number of anilines is 2. The van der Waals surface area contributed by atoms with E-state index in [0.717, 1.165) is 51.7 Å². The average Bonchev–Trinajstić information content (AvgIpc) is 2.17. The molecule has 2 saturated heterocycles. The minimum atomic E-state index is -0.552. The Balaban J connectivity index is 0.000000220. The molecule has 0 amide bonds. The molecular formula is C73H108F2N6O7. The zero-order valence-electron chi connectivity index (χ0n) is 56.2. The number of hydrogen-bond donors (Lipinski definition) is 2. The predicted molar refractivity (Wildman–Crippen MR) is 357 cm³/mol. The lowest BCUT2D eigenvalue weighted by atomic mass is 9.95. The van der Waals surface area contributed by atoms with Crippen LogP contribution in [-0.4, -0.2) is 109 Å². The summed E-state index contributed by atoms with van der Waals surface area (Å²) in [5.41, 5.74) is 8.00. The normalized spacial score (nSPS) is 15.7. The molecule has 2 N–H and O–H groups in total. The maximum absolute atomic E-state index is 12.9. The Bertz CT molecular complexity index is 2860. The van der Waals surface area contributed by atoms with Gasteiger partial charge in [-0.15, -0.1) is 6.42 Å². The third-order valence-corrected chi connectivity index (χ3v) is 14.3. The minimum Gasteiger partial charge on any atom is -0.491 e. The van der Waals surface area contributed by atoms with Gasteiger partial charge in [0.25, 0.3) is 0 Å². The Morgan fingerprint density at radius 1 is 0.705 bits per heavy atom. The molecule has 0 aliphatic carbocycles. The van der Waals surface area contributed by atoms with E-state index >= 15 is 0 Å². The number of rotatable bonds is 14. The third kappa shape index (κ3) is 29.5. The number of likely N-dealkylation sites (tertiary alicyclic amines) is 1. The van der Waals surface area contributed by atoms with Crippen molar-refractivity contribution in [3.05, 3.63) is 143 Å². The molecule has 4 aliphatic rings. The van der Waals surface area contributed by atoms with Gasteiger partial charge in [-0.3, -0.25) is 4.90 Å². The summed E-state index contributed by atoms with van der Waals surface area (Å²) in [6, 6.07) is 34.5. The van der Waals surface area contributed by atoms with Crippen molar-refractivity contribution in [3.63, 3.8) is 0 Å². The van der Waals surface area contributed by atoms with Crippen molar-refractivity contribution in [2.24, 2.45) is 5.92 Å². The van der Waals surface area contributed by atoms with E-state index in [1.165, 1.54) is 107 Å². The summed E-state index contributed by atoms with van der Waals surface area (Å²) in [5.74, 6) is 4.06. The van der Waals surface area contributed by atoms with Crippen molar-refractivity contribution in [1.29, 1.82) is 0 Å². The smallest absolute Gasteiger partial charge is 0.223 e. The van der Waals surface area contributed by atoms with E-state index in [4.69, 9.17) is 34.8 Å². The molecule has 88 heavy (non-hydrogen) atoms. The summed E-state index contributed by atoms with van der Waals surface area (Å²) in [7, 11) is 0. The van der Waals surface area contributed by atoms with Gasteiger partial charge in [0.1, 0.15) is 46.5 Å². The van der Waals surface area contributed by atoms with Crippen molar-refractivity contribution >= 4 is 22.4 Å². The van der Waals surface area contributed by atoms with Crippen LogP contribution in [0.1, 0.15) is 172 Å². The van der Waals surface area contributed by atoms with Crippen molar-refractivity contribution in [2.75, 3.05) is 56.2 Å². The highest BCUT2D eigenvalue weighted by Gasteiger charge is 2.24. The SMILES string of the molecule is C#Cc1ccc(COC(C)C)cc1.CC(C)(C)N1CCCC1.CC(C)(C)OCCC1CCNCC1.CC(C)N1CCCc2ccccc21.CC(C)Nc1c(F)cccc1F.CC(C)OCC1OCc2ccccc2O1.CC(C)Oc1ccc2nonc2c1. The Morgan fingerprint density at radius 3 is 1.91 bits per heavy atom. The van der Waals surface area contributed by atoms with Gasteiger partial charge in [-0.1, -0.05) is 60.5 Å². The summed E-state index contributed by atoms with van der Waals surface area (Å²) in [5, 5.41) is 13.5. The fourth-order valence-electron chi connectivity index (χ4n) is 9.63. The lowest BCUT2D eigenvalue weighted by Gasteiger charge is -2.34. The first-order chi connectivity index (χ1) is 41.8. The molecule has 0 radical (unpaired) electrons. The molecule has 5 heterocycles. The molecule has 2 fully saturated rings. The molecule has 1 aromatic heterocycles. The maximum atomic E-state index is 12.9. The van der Waals surface area contributed by atoms with E-state index in [9.17, 15) is 8.78 Å². The lowest BCUT2D eigenvalue weighted by molar-refractivity contribution is -0.150. The van der Waals surface area contributed by atoms with Gasteiger partial charge in [0.15, 0.2) is 0 Å². The number of nitrogens with one attached hydrogen (secondary N) is 2. The Hall–Kier alpha value is -6.12. The zero-order chi connectivity index (χ0) is 64.7. The summed E-state index contributed by atoms with van der Waals surface area (Å²) in [4.78, 5) is 5.05. The van der Waals surface area contributed by atoms with Crippen LogP contribution >= 0.6 is 0 Å². The number of terminal acetylenes is 1. The first-order valence-corrected chi connectivity index (χ1v) is 32.0. The predicted octanol–water partition coefficient (Wildman–Crippen LogP) is 16.7. The second-order valence-corrected chi connectivity index (χ2v) is 25.9. The first kappa shape index (κ1) is 74.3. The third-order valence-electron chi connectivity index (χ3n) is 14.3. The number of para-hydroxylation sites is 3. The number of fused-ring (bicyclic) bond motifs is 3. The molecule has 486 valence electrons. The highest BCUT2D eigenvalue weighted by atomic mass is 19.1. The van der Waals surface area contributed by atoms with Gasteiger partial charge in [-0.25, -0.2) is 13.4 Å². The Morgan fingerprint density at radius 2 is 1.33 bits per heavy atom. The number of piperidine rings is 1. The van der Waals surface area contributed by atoms with E-state index in [1.807, 2.05) is 122 Å². The fraction of sp³-hybridized carbons (Fsp3) is 0.562. The minimum absolute atomic E-state index is 0.0244. The summed E-state index contributed by atoms with van der Waals surface area (Å²) >= 11 is 0. The van der Waals surface area contributed by atoms with Crippen LogP contribution in [-0.2, 0) is 38.6 Å². The highest BCUT2D eigenvalue weighted by molar-refractivity contribution is 5.74. The van der Waals surface area contributed by atoms with Gasteiger partial charge in [0, 0.05) is 53.7 Å². The van der Waals surface area contributed by atoms with Crippen molar-refractivity contribution in [3.8, 4) is 23.8 Å². The monoisotopic (exact) mass is 1220 g/mol. The van der Waals surface area contributed by atoms with Gasteiger partial charge in [-0.05, 0) is 258 Å². The van der Waals surface area contributed by atoms with E-state index in [0.29, 0.717) is 31.4 Å². The van der Waals surface area contributed by atoms with Crippen LogP contribution in [0.4, 0.5) is 20.2 Å². The van der Waals surface area contributed by atoms with Crippen molar-refractivity contribution in [2.45, 2.75) is 217 Å². The highest BCUT2D eigenvalue weighted by Crippen LogP contribution is 2.29. The first-order valence-electron chi connectivity index (χ1n) is 32.0. The molecule has 15 heteroatoms. The van der Waals surface area contributed by atoms with Crippen LogP contribution in [0, 0.1) is 29.9 Å². The van der Waals surface area contributed by atoms with Crippen LogP contribution < -0.4 is 25.0 Å². The summed E-state index contributed by atoms with van der Waals surface area (Å²) < 4.78 is 63.6. The van der Waals surface area contributed by atoms with E-state index in [-0.39, 0.29) is 41.9 Å². The number of ether oxygens (including phenoxy) is 6. The number of hydrogen-bond acceptors (Lipinski definition) is 13. The van der Waals surface area contributed by atoms with Gasteiger partial charge in [0.05, 0.1) is 37.1 Å². The number of benzene rings is 5. The van der Waals surface area contributed by atoms with E-state index in [2.05, 4.69) is 121 Å². The molecule has 1 atom stereocenters. The molecular weight excluding hydrogens is 1110 g/mol. The average molecular weight is 1220 g/mol. The van der Waals surface area contributed by atoms with Crippen LogP contribution in [0.3, 0.4) is 0 Å². The van der Waals surface area contributed by atoms with Crippen molar-refractivity contribution < 1.29 is 41.8 Å². The van der Waals surface area contributed by atoms with Crippen LogP contribution in [0.25, 0.3) is 11.0 Å². The largest absolute Gasteiger partial charge is 0.491 e. The van der Waals surface area contributed by atoms with E-state index in [1.54, 1.807) is 0 Å². The number of nitrogens with zero attached hydrogens (tertiary/aromatic N) is 4. The fourth-order valence-corrected chi connectivity index (χ4v) is 9.63. The Labute approximate surface area is 528 Å². The van der Waals surface area contributed by atoms with Gasteiger partial charge in [0.2, 0.25) is 6.29 Å². The van der Waals surface area contributed by atoms with Crippen LogP contribution in [0.2, 0.25) is 0 Å². The lowest BCUT2D eigenvalue weighted by Crippen LogP contribution is -2.38. The van der Waals surface area contributed by atoms with E-state index < -0.39 is 11.6 Å². The molecule has 0 spiro atoms. The molecule has 4 aliphatic heterocycles. The molecule has 5 aromatic carbocycles. The second-order valence-electron chi connectivity index (χ2n) is 25.9. The molecule has 10 rings (SSSR count).